The number of carbonyl (C=O) groups is 1. The van der Waals surface area contributed by atoms with Gasteiger partial charge in [0.05, 0.1) is 5.92 Å². The van der Waals surface area contributed by atoms with Crippen LogP contribution in [0.2, 0.25) is 0 Å². The van der Waals surface area contributed by atoms with Crippen molar-refractivity contribution in [3.05, 3.63) is 0 Å². The van der Waals surface area contributed by atoms with Gasteiger partial charge in [-0.05, 0) is 43.4 Å². The van der Waals surface area contributed by atoms with Crippen LogP contribution in [0.4, 0.5) is 0 Å². The molecule has 3 fully saturated rings. The first-order valence-corrected chi connectivity index (χ1v) is 7.71. The molecular weight excluding hydrogens is 224 g/mol. The molecular formula is C15H26N2O. The molecule has 3 heteroatoms. The minimum atomic E-state index is 0.0950. The number of carbonyl (C=O) groups excluding carboxylic acids is 1. The van der Waals surface area contributed by atoms with E-state index in [0.717, 1.165) is 31.3 Å². The molecule has 1 saturated heterocycles. The van der Waals surface area contributed by atoms with Crippen LogP contribution in [-0.4, -0.2) is 29.9 Å². The van der Waals surface area contributed by atoms with Crippen molar-refractivity contribution in [1.82, 2.24) is 4.90 Å². The predicted octanol–water partition coefficient (Wildman–Crippen LogP) is 2.01. The van der Waals surface area contributed by atoms with Crippen LogP contribution in [0.25, 0.3) is 0 Å². The maximum Gasteiger partial charge on any atom is 0.227 e. The molecule has 2 saturated carbocycles. The first-order chi connectivity index (χ1) is 8.66. The molecule has 3 nitrogen and oxygen atoms in total. The van der Waals surface area contributed by atoms with Gasteiger partial charge in [-0.3, -0.25) is 4.79 Å². The fraction of sp³-hybridized carbons (Fsp3) is 0.933. The summed E-state index contributed by atoms with van der Waals surface area (Å²) in [6.45, 7) is 4.23. The van der Waals surface area contributed by atoms with Crippen molar-refractivity contribution in [2.45, 2.75) is 51.5 Å². The first kappa shape index (κ1) is 12.5. The van der Waals surface area contributed by atoms with Crippen molar-refractivity contribution in [2.75, 3.05) is 13.1 Å². The lowest BCUT2D eigenvalue weighted by atomic mass is 9.76. The molecule has 0 bridgehead atoms. The van der Waals surface area contributed by atoms with Crippen LogP contribution in [-0.2, 0) is 4.79 Å². The number of amides is 1. The van der Waals surface area contributed by atoms with Gasteiger partial charge in [0.25, 0.3) is 0 Å². The van der Waals surface area contributed by atoms with Crippen LogP contribution in [0.1, 0.15) is 45.4 Å². The van der Waals surface area contributed by atoms with Gasteiger partial charge in [0.2, 0.25) is 5.91 Å². The monoisotopic (exact) mass is 250 g/mol. The van der Waals surface area contributed by atoms with E-state index in [1.807, 2.05) is 0 Å². The highest BCUT2D eigenvalue weighted by molar-refractivity contribution is 5.80. The standard InChI is InChI=1S/C15H26N2O/c1-10-4-2-7-13(16)14(10)15(18)17-8-11-5-3-6-12(11)9-17/h10-14H,2-9,16H2,1H3. The Balaban J connectivity index is 1.67. The summed E-state index contributed by atoms with van der Waals surface area (Å²) in [5, 5.41) is 0. The summed E-state index contributed by atoms with van der Waals surface area (Å²) in [7, 11) is 0. The highest BCUT2D eigenvalue weighted by atomic mass is 16.2. The van der Waals surface area contributed by atoms with Gasteiger partial charge in [-0.1, -0.05) is 19.8 Å². The Morgan fingerprint density at radius 3 is 2.28 bits per heavy atom. The number of nitrogens with two attached hydrogens (primary N) is 1. The van der Waals surface area contributed by atoms with Gasteiger partial charge in [0.15, 0.2) is 0 Å². The Kier molecular flexibility index (Phi) is 3.35. The van der Waals surface area contributed by atoms with Gasteiger partial charge in [-0.2, -0.15) is 0 Å². The Bertz CT molecular complexity index is 308. The molecule has 1 amide bonds. The van der Waals surface area contributed by atoms with Crippen LogP contribution in [0.3, 0.4) is 0 Å². The lowest BCUT2D eigenvalue weighted by Crippen LogP contribution is -2.48. The fourth-order valence-corrected chi connectivity index (χ4v) is 4.51. The SMILES string of the molecule is CC1CCCC(N)C1C(=O)N1CC2CCCC2C1. The summed E-state index contributed by atoms with van der Waals surface area (Å²) in [4.78, 5) is 14.8. The molecule has 0 spiro atoms. The maximum atomic E-state index is 12.7. The van der Waals surface area contributed by atoms with Crippen LogP contribution >= 0.6 is 0 Å². The molecule has 2 N–H and O–H groups in total. The number of fused-ring (bicyclic) bond motifs is 1. The van der Waals surface area contributed by atoms with Gasteiger partial charge in [-0.15, -0.1) is 0 Å². The van der Waals surface area contributed by atoms with Crippen LogP contribution in [0.15, 0.2) is 0 Å². The fourth-order valence-electron chi connectivity index (χ4n) is 4.51. The highest BCUT2D eigenvalue weighted by Crippen LogP contribution is 2.39. The van der Waals surface area contributed by atoms with Gasteiger partial charge >= 0.3 is 0 Å². The Labute approximate surface area is 110 Å². The molecule has 0 radical (unpaired) electrons. The second-order valence-corrected chi connectivity index (χ2v) is 6.79. The molecule has 1 heterocycles. The summed E-state index contributed by atoms with van der Waals surface area (Å²) >= 11 is 0. The minimum absolute atomic E-state index is 0.0950. The molecule has 5 unspecified atom stereocenters. The van der Waals surface area contributed by atoms with Crippen LogP contribution in [0.5, 0.6) is 0 Å². The Morgan fingerprint density at radius 1 is 1.06 bits per heavy atom. The van der Waals surface area contributed by atoms with Crippen LogP contribution < -0.4 is 5.73 Å². The molecule has 18 heavy (non-hydrogen) atoms. The summed E-state index contributed by atoms with van der Waals surface area (Å²) < 4.78 is 0. The van der Waals surface area contributed by atoms with E-state index in [1.54, 1.807) is 0 Å². The summed E-state index contributed by atoms with van der Waals surface area (Å²) in [5.74, 6) is 2.52. The molecule has 0 aromatic carbocycles. The number of hydrogen-bond acceptors (Lipinski definition) is 2. The quantitative estimate of drug-likeness (QED) is 0.774. The van der Waals surface area contributed by atoms with E-state index in [4.69, 9.17) is 5.73 Å². The molecule has 2 aliphatic carbocycles. The first-order valence-electron chi connectivity index (χ1n) is 7.71. The second-order valence-electron chi connectivity index (χ2n) is 6.79. The average molecular weight is 250 g/mol. The number of rotatable bonds is 1. The number of hydrogen-bond donors (Lipinski definition) is 1. The third kappa shape index (κ3) is 2.07. The average Bonchev–Trinajstić information content (AvgIpc) is 2.88. The molecule has 5 atom stereocenters. The van der Waals surface area contributed by atoms with Gasteiger partial charge < -0.3 is 10.6 Å². The topological polar surface area (TPSA) is 46.3 Å². The Hall–Kier alpha value is -0.570. The van der Waals surface area contributed by atoms with E-state index in [0.29, 0.717) is 11.8 Å². The van der Waals surface area contributed by atoms with E-state index in [1.165, 1.54) is 32.1 Å². The molecule has 1 aliphatic heterocycles. The Morgan fingerprint density at radius 2 is 1.67 bits per heavy atom. The molecule has 3 rings (SSSR count). The molecule has 0 aromatic heterocycles. The summed E-state index contributed by atoms with van der Waals surface area (Å²) in [6, 6.07) is 0.0988. The summed E-state index contributed by atoms with van der Waals surface area (Å²) in [5.41, 5.74) is 6.21. The third-order valence-electron chi connectivity index (χ3n) is 5.59. The van der Waals surface area contributed by atoms with Crippen molar-refractivity contribution in [1.29, 1.82) is 0 Å². The maximum absolute atomic E-state index is 12.7. The van der Waals surface area contributed by atoms with Crippen LogP contribution in [0, 0.1) is 23.7 Å². The summed E-state index contributed by atoms with van der Waals surface area (Å²) in [6.07, 6.45) is 7.43. The molecule has 3 aliphatic rings. The zero-order valence-corrected chi connectivity index (χ0v) is 11.5. The third-order valence-corrected chi connectivity index (χ3v) is 5.59. The molecule has 102 valence electrons. The van der Waals surface area contributed by atoms with Crippen molar-refractivity contribution in [3.63, 3.8) is 0 Å². The lowest BCUT2D eigenvalue weighted by molar-refractivity contribution is -0.138. The zero-order valence-electron chi connectivity index (χ0n) is 11.5. The van der Waals surface area contributed by atoms with Crippen molar-refractivity contribution < 1.29 is 4.79 Å². The van der Waals surface area contributed by atoms with Crippen molar-refractivity contribution >= 4 is 5.91 Å². The number of likely N-dealkylation sites (tertiary alicyclic amines) is 1. The highest BCUT2D eigenvalue weighted by Gasteiger charge is 2.42. The van der Waals surface area contributed by atoms with E-state index in [-0.39, 0.29) is 12.0 Å². The predicted molar refractivity (Wildman–Crippen MR) is 71.9 cm³/mol. The minimum Gasteiger partial charge on any atom is -0.342 e. The van der Waals surface area contributed by atoms with Crippen molar-refractivity contribution in [2.24, 2.45) is 29.4 Å². The zero-order chi connectivity index (χ0) is 12.7. The lowest BCUT2D eigenvalue weighted by Gasteiger charge is -2.36. The smallest absolute Gasteiger partial charge is 0.227 e. The van der Waals surface area contributed by atoms with E-state index in [9.17, 15) is 4.79 Å². The normalized spacial score (nSPS) is 44.1. The number of nitrogens with zero attached hydrogens (tertiary/aromatic N) is 1. The molecule has 0 aromatic rings. The largest absolute Gasteiger partial charge is 0.342 e. The van der Waals surface area contributed by atoms with Gasteiger partial charge in [-0.25, -0.2) is 0 Å². The second kappa shape index (κ2) is 4.84. The van der Waals surface area contributed by atoms with E-state index in [2.05, 4.69) is 11.8 Å². The van der Waals surface area contributed by atoms with Gasteiger partial charge in [0, 0.05) is 19.1 Å². The van der Waals surface area contributed by atoms with Crippen molar-refractivity contribution in [3.8, 4) is 0 Å². The van der Waals surface area contributed by atoms with E-state index < -0.39 is 0 Å². The van der Waals surface area contributed by atoms with Gasteiger partial charge in [0.1, 0.15) is 0 Å². The van der Waals surface area contributed by atoms with E-state index >= 15 is 0 Å².